The van der Waals surface area contributed by atoms with E-state index in [9.17, 15) is 0 Å². The molecule has 2 heterocycles. The van der Waals surface area contributed by atoms with Gasteiger partial charge in [-0.3, -0.25) is 0 Å². The lowest BCUT2D eigenvalue weighted by Crippen LogP contribution is -2.30. The van der Waals surface area contributed by atoms with E-state index in [4.69, 9.17) is 4.74 Å². The molecule has 0 radical (unpaired) electrons. The van der Waals surface area contributed by atoms with Crippen molar-refractivity contribution in [3.8, 4) is 0 Å². The molecule has 2 saturated heterocycles. The van der Waals surface area contributed by atoms with Crippen molar-refractivity contribution in [1.29, 1.82) is 0 Å². The lowest BCUT2D eigenvalue weighted by molar-refractivity contribution is -0.0343. The van der Waals surface area contributed by atoms with Crippen LogP contribution in [0, 0.1) is 5.92 Å². The summed E-state index contributed by atoms with van der Waals surface area (Å²) in [5, 5.41) is 0. The van der Waals surface area contributed by atoms with Gasteiger partial charge >= 0.3 is 0 Å². The minimum absolute atomic E-state index is 0.271. The van der Waals surface area contributed by atoms with E-state index in [1.165, 1.54) is 32.1 Å². The van der Waals surface area contributed by atoms with Crippen molar-refractivity contribution >= 4 is 0 Å². The number of hydrogen-bond acceptors (Lipinski definition) is 1. The average Bonchev–Trinajstić information content (AvgIpc) is 2.19. The molecule has 3 aliphatic rings. The monoisotopic (exact) mass is 140 g/mol. The first-order valence-electron chi connectivity index (χ1n) is 4.42. The molecule has 0 aromatic heterocycles. The molecule has 10 heavy (non-hydrogen) atoms. The Hall–Kier alpha value is -0.0400. The van der Waals surface area contributed by atoms with Gasteiger partial charge in [-0.25, -0.2) is 0 Å². The van der Waals surface area contributed by atoms with Gasteiger partial charge in [0.2, 0.25) is 0 Å². The highest BCUT2D eigenvalue weighted by molar-refractivity contribution is 4.86. The highest BCUT2D eigenvalue weighted by Gasteiger charge is 2.34. The first-order chi connectivity index (χ1) is 4.79. The van der Waals surface area contributed by atoms with Crippen molar-refractivity contribution in [1.82, 2.24) is 0 Å². The van der Waals surface area contributed by atoms with Gasteiger partial charge in [-0.2, -0.15) is 0 Å². The second-order valence-corrected chi connectivity index (χ2v) is 4.03. The zero-order valence-corrected chi connectivity index (χ0v) is 6.73. The fraction of sp³-hybridized carbons (Fsp3) is 1.00. The highest BCUT2D eigenvalue weighted by Crippen LogP contribution is 2.39. The van der Waals surface area contributed by atoms with Gasteiger partial charge in [-0.1, -0.05) is 0 Å². The molecule has 2 aliphatic heterocycles. The Labute approximate surface area is 62.8 Å². The summed E-state index contributed by atoms with van der Waals surface area (Å²) in [6, 6.07) is 0. The molecule has 0 amide bonds. The van der Waals surface area contributed by atoms with Crippen LogP contribution >= 0.6 is 0 Å². The number of ether oxygens (including phenoxy) is 1. The van der Waals surface area contributed by atoms with Crippen LogP contribution in [-0.4, -0.2) is 12.2 Å². The Morgan fingerprint density at radius 1 is 1.20 bits per heavy atom. The summed E-state index contributed by atoms with van der Waals surface area (Å²) in [4.78, 5) is 0. The molecular weight excluding hydrogens is 124 g/mol. The van der Waals surface area contributed by atoms with Crippen LogP contribution in [0.5, 0.6) is 0 Å². The predicted octanol–water partition coefficient (Wildman–Crippen LogP) is 2.36. The molecule has 1 saturated carbocycles. The summed E-state index contributed by atoms with van der Waals surface area (Å²) >= 11 is 0. The third-order valence-electron chi connectivity index (χ3n) is 3.14. The molecule has 0 aromatic rings. The average molecular weight is 140 g/mol. The van der Waals surface area contributed by atoms with E-state index in [-0.39, 0.29) is 5.60 Å². The summed E-state index contributed by atoms with van der Waals surface area (Å²) in [6.45, 7) is 3.29. The standard InChI is InChI=1S/C9H16O/c1-9-5-2-8(3-6-9)4-7-10-9/h8H,2-7H2,1H3. The van der Waals surface area contributed by atoms with Crippen molar-refractivity contribution in [3.05, 3.63) is 0 Å². The Morgan fingerprint density at radius 3 is 2.60 bits per heavy atom. The van der Waals surface area contributed by atoms with Gasteiger partial charge < -0.3 is 4.74 Å². The van der Waals surface area contributed by atoms with Crippen LogP contribution in [0.25, 0.3) is 0 Å². The molecule has 0 aromatic carbocycles. The fourth-order valence-electron chi connectivity index (χ4n) is 2.19. The molecular formula is C9H16O. The third kappa shape index (κ3) is 1.07. The summed E-state index contributed by atoms with van der Waals surface area (Å²) in [7, 11) is 0. The van der Waals surface area contributed by atoms with E-state index in [1.54, 1.807) is 0 Å². The summed E-state index contributed by atoms with van der Waals surface area (Å²) in [6.07, 6.45) is 6.75. The molecule has 0 spiro atoms. The highest BCUT2D eigenvalue weighted by atomic mass is 16.5. The summed E-state index contributed by atoms with van der Waals surface area (Å²) in [5.41, 5.74) is 0.271. The molecule has 1 heteroatoms. The van der Waals surface area contributed by atoms with Gasteiger partial charge in [-0.05, 0) is 44.9 Å². The number of rotatable bonds is 0. The maximum absolute atomic E-state index is 5.78. The zero-order valence-electron chi connectivity index (χ0n) is 6.73. The Bertz CT molecular complexity index is 117. The SMILES string of the molecule is CC12CCC(CCO1)CC2. The van der Waals surface area contributed by atoms with Crippen LogP contribution in [0.1, 0.15) is 39.0 Å². The van der Waals surface area contributed by atoms with Gasteiger partial charge in [0.15, 0.2) is 0 Å². The largest absolute Gasteiger partial charge is 0.375 e. The Morgan fingerprint density at radius 2 is 1.90 bits per heavy atom. The van der Waals surface area contributed by atoms with E-state index in [0.717, 1.165) is 12.5 Å². The topological polar surface area (TPSA) is 9.23 Å². The van der Waals surface area contributed by atoms with Crippen molar-refractivity contribution in [3.63, 3.8) is 0 Å². The molecule has 58 valence electrons. The first-order valence-corrected chi connectivity index (χ1v) is 4.42. The maximum Gasteiger partial charge on any atom is 0.0654 e. The molecule has 0 unspecified atom stereocenters. The second-order valence-electron chi connectivity index (χ2n) is 4.03. The summed E-state index contributed by atoms with van der Waals surface area (Å²) in [5.74, 6) is 0.996. The Kier molecular flexibility index (Phi) is 1.48. The van der Waals surface area contributed by atoms with Crippen LogP contribution in [-0.2, 0) is 4.74 Å². The minimum Gasteiger partial charge on any atom is -0.375 e. The quantitative estimate of drug-likeness (QED) is 0.502. The van der Waals surface area contributed by atoms with Crippen molar-refractivity contribution < 1.29 is 4.74 Å². The lowest BCUT2D eigenvalue weighted by atomic mass is 9.80. The lowest BCUT2D eigenvalue weighted by Gasteiger charge is -2.32. The molecule has 0 N–H and O–H groups in total. The van der Waals surface area contributed by atoms with Crippen molar-refractivity contribution in [2.45, 2.75) is 44.6 Å². The van der Waals surface area contributed by atoms with E-state index in [2.05, 4.69) is 6.92 Å². The maximum atomic E-state index is 5.78. The molecule has 1 nitrogen and oxygen atoms in total. The van der Waals surface area contributed by atoms with E-state index >= 15 is 0 Å². The molecule has 3 rings (SSSR count). The van der Waals surface area contributed by atoms with E-state index < -0.39 is 0 Å². The first kappa shape index (κ1) is 6.66. The van der Waals surface area contributed by atoms with E-state index in [0.29, 0.717) is 0 Å². The molecule has 1 aliphatic carbocycles. The van der Waals surface area contributed by atoms with Crippen LogP contribution in [0.4, 0.5) is 0 Å². The van der Waals surface area contributed by atoms with Gasteiger partial charge in [0, 0.05) is 6.61 Å². The van der Waals surface area contributed by atoms with Crippen molar-refractivity contribution in [2.24, 2.45) is 5.92 Å². The summed E-state index contributed by atoms with van der Waals surface area (Å²) < 4.78 is 5.78. The number of fused-ring (bicyclic) bond motifs is 4. The zero-order chi connectivity index (χ0) is 7.03. The number of hydrogen-bond donors (Lipinski definition) is 0. The molecule has 3 fully saturated rings. The minimum atomic E-state index is 0.271. The van der Waals surface area contributed by atoms with Crippen LogP contribution in [0.3, 0.4) is 0 Å². The smallest absolute Gasteiger partial charge is 0.0654 e. The van der Waals surface area contributed by atoms with Crippen molar-refractivity contribution in [2.75, 3.05) is 6.61 Å². The van der Waals surface area contributed by atoms with Gasteiger partial charge in [0.05, 0.1) is 5.60 Å². The Balaban J connectivity index is 2.11. The molecule has 2 bridgehead atoms. The van der Waals surface area contributed by atoms with Gasteiger partial charge in [-0.15, -0.1) is 0 Å². The van der Waals surface area contributed by atoms with E-state index in [1.807, 2.05) is 0 Å². The van der Waals surface area contributed by atoms with Crippen LogP contribution in [0.2, 0.25) is 0 Å². The van der Waals surface area contributed by atoms with Gasteiger partial charge in [0.25, 0.3) is 0 Å². The normalized spacial score (nSPS) is 47.1. The van der Waals surface area contributed by atoms with Gasteiger partial charge in [0.1, 0.15) is 0 Å². The van der Waals surface area contributed by atoms with Crippen LogP contribution in [0.15, 0.2) is 0 Å². The molecule has 0 atom stereocenters. The predicted molar refractivity (Wildman–Crippen MR) is 40.9 cm³/mol. The van der Waals surface area contributed by atoms with Crippen LogP contribution < -0.4 is 0 Å². The second kappa shape index (κ2) is 2.23. The fourth-order valence-corrected chi connectivity index (χ4v) is 2.19. The third-order valence-corrected chi connectivity index (χ3v) is 3.14.